The maximum Gasteiger partial charge on any atom is 0.229 e. The molecule has 0 bridgehead atoms. The molecule has 0 aromatic carbocycles. The first-order valence-corrected chi connectivity index (χ1v) is 13.3. The van der Waals surface area contributed by atoms with Crippen LogP contribution in [0.3, 0.4) is 0 Å². The molecule has 2 fully saturated rings. The van der Waals surface area contributed by atoms with Gasteiger partial charge < -0.3 is 14.8 Å². The second kappa shape index (κ2) is 9.67. The van der Waals surface area contributed by atoms with E-state index in [1.54, 1.807) is 6.20 Å². The van der Waals surface area contributed by atoms with Crippen LogP contribution in [0.4, 0.5) is 16.2 Å². The first-order valence-electron chi connectivity index (χ1n) is 13.3. The summed E-state index contributed by atoms with van der Waals surface area (Å²) in [6, 6.07) is 6.09. The molecule has 4 aromatic heterocycles. The standard InChI is InChI=1S/C28H34FN9/c1-18(2)38-19(3)33-26-23(38)11-21(13-31-26)25-22(29)14-32-27(35-25)34-24-6-5-20(12-30-24)15-37-16-28(17-37)7-9-36(4)10-8-28/h5-6,11-14,18H,7-10,15-17H2,1-4H3,(H,30,32,34,35). The van der Waals surface area contributed by atoms with Gasteiger partial charge in [-0.2, -0.15) is 0 Å². The Kier molecular flexibility index (Phi) is 6.31. The summed E-state index contributed by atoms with van der Waals surface area (Å²) in [6.45, 7) is 11.8. The van der Waals surface area contributed by atoms with Crippen LogP contribution in [0.25, 0.3) is 22.4 Å². The number of imidazole rings is 1. The molecule has 0 saturated carbocycles. The number of aryl methyl sites for hydroxylation is 1. The molecule has 2 aliphatic rings. The maximum absolute atomic E-state index is 14.8. The number of pyridine rings is 2. The van der Waals surface area contributed by atoms with Gasteiger partial charge in [0.25, 0.3) is 0 Å². The van der Waals surface area contributed by atoms with Crippen molar-refractivity contribution in [1.82, 2.24) is 39.3 Å². The lowest BCUT2D eigenvalue weighted by molar-refractivity contribution is -0.0471. The van der Waals surface area contributed by atoms with Gasteiger partial charge in [0.2, 0.25) is 5.95 Å². The van der Waals surface area contributed by atoms with Gasteiger partial charge in [0.05, 0.1) is 11.7 Å². The third-order valence-electron chi connectivity index (χ3n) is 7.89. The van der Waals surface area contributed by atoms with Crippen LogP contribution in [0.2, 0.25) is 0 Å². The first kappa shape index (κ1) is 24.8. The molecule has 1 spiro atoms. The highest BCUT2D eigenvalue weighted by atomic mass is 19.1. The van der Waals surface area contributed by atoms with Crippen molar-refractivity contribution in [2.24, 2.45) is 5.41 Å². The van der Waals surface area contributed by atoms with Gasteiger partial charge in [0.1, 0.15) is 17.3 Å². The predicted octanol–water partition coefficient (Wildman–Crippen LogP) is 4.58. The number of likely N-dealkylation sites (tertiary alicyclic amines) is 2. The molecule has 0 aliphatic carbocycles. The van der Waals surface area contributed by atoms with Crippen molar-refractivity contribution in [2.75, 3.05) is 38.5 Å². The Morgan fingerprint density at radius 1 is 1.03 bits per heavy atom. The van der Waals surface area contributed by atoms with E-state index in [9.17, 15) is 4.39 Å². The molecule has 10 heteroatoms. The third-order valence-corrected chi connectivity index (χ3v) is 7.89. The summed E-state index contributed by atoms with van der Waals surface area (Å²) in [5, 5.41) is 3.12. The van der Waals surface area contributed by atoms with E-state index >= 15 is 0 Å². The molecule has 1 N–H and O–H groups in total. The molecule has 6 heterocycles. The van der Waals surface area contributed by atoms with E-state index in [2.05, 4.69) is 71.6 Å². The Morgan fingerprint density at radius 2 is 1.82 bits per heavy atom. The summed E-state index contributed by atoms with van der Waals surface area (Å²) in [5.74, 6) is 1.26. The van der Waals surface area contributed by atoms with E-state index in [1.165, 1.54) is 50.8 Å². The van der Waals surface area contributed by atoms with Crippen LogP contribution in [0.5, 0.6) is 0 Å². The molecule has 9 nitrogen and oxygen atoms in total. The lowest BCUT2D eigenvalue weighted by atomic mass is 9.72. The van der Waals surface area contributed by atoms with Crippen LogP contribution >= 0.6 is 0 Å². The molecule has 4 aromatic rings. The van der Waals surface area contributed by atoms with Crippen LogP contribution in [0, 0.1) is 18.2 Å². The highest BCUT2D eigenvalue weighted by molar-refractivity contribution is 5.78. The van der Waals surface area contributed by atoms with Crippen LogP contribution in [0.1, 0.15) is 44.1 Å². The number of rotatable bonds is 6. The number of halogens is 1. The Balaban J connectivity index is 1.14. The molecule has 6 rings (SSSR count). The second-order valence-corrected chi connectivity index (χ2v) is 11.2. The maximum atomic E-state index is 14.8. The fourth-order valence-electron chi connectivity index (χ4n) is 5.89. The topological polar surface area (TPSA) is 87.9 Å². The molecule has 0 unspecified atom stereocenters. The summed E-state index contributed by atoms with van der Waals surface area (Å²) in [7, 11) is 2.21. The van der Waals surface area contributed by atoms with Crippen LogP contribution in [-0.2, 0) is 6.54 Å². The van der Waals surface area contributed by atoms with E-state index in [4.69, 9.17) is 0 Å². The molecule has 2 saturated heterocycles. The minimum absolute atomic E-state index is 0.184. The summed E-state index contributed by atoms with van der Waals surface area (Å²) >= 11 is 0. The van der Waals surface area contributed by atoms with Gasteiger partial charge in [-0.15, -0.1) is 0 Å². The Bertz CT molecular complexity index is 1450. The van der Waals surface area contributed by atoms with Crippen molar-refractivity contribution in [3.8, 4) is 11.3 Å². The molecule has 0 atom stereocenters. The number of fused-ring (bicyclic) bond motifs is 1. The van der Waals surface area contributed by atoms with Crippen LogP contribution in [0.15, 0.2) is 36.8 Å². The third kappa shape index (κ3) is 4.74. The van der Waals surface area contributed by atoms with E-state index < -0.39 is 5.82 Å². The highest BCUT2D eigenvalue weighted by Crippen LogP contribution is 2.40. The molecular weight excluding hydrogens is 481 g/mol. The Morgan fingerprint density at radius 3 is 2.53 bits per heavy atom. The average Bonchev–Trinajstić information content (AvgIpc) is 3.22. The van der Waals surface area contributed by atoms with Gasteiger partial charge in [-0.3, -0.25) is 4.90 Å². The quantitative estimate of drug-likeness (QED) is 0.399. The van der Waals surface area contributed by atoms with Crippen molar-refractivity contribution >= 4 is 22.9 Å². The number of piperidine rings is 1. The molecule has 0 radical (unpaired) electrons. The molecule has 38 heavy (non-hydrogen) atoms. The van der Waals surface area contributed by atoms with Gasteiger partial charge in [-0.05, 0) is 76.9 Å². The minimum Gasteiger partial charge on any atom is -0.324 e. The smallest absolute Gasteiger partial charge is 0.229 e. The van der Waals surface area contributed by atoms with Crippen LogP contribution < -0.4 is 5.32 Å². The van der Waals surface area contributed by atoms with Crippen molar-refractivity contribution in [3.63, 3.8) is 0 Å². The number of hydrogen-bond donors (Lipinski definition) is 1. The largest absolute Gasteiger partial charge is 0.324 e. The van der Waals surface area contributed by atoms with Gasteiger partial charge in [0, 0.05) is 43.6 Å². The lowest BCUT2D eigenvalue weighted by Crippen LogP contribution is -2.59. The fourth-order valence-corrected chi connectivity index (χ4v) is 5.89. The minimum atomic E-state index is -0.510. The van der Waals surface area contributed by atoms with E-state index in [0.717, 1.165) is 17.9 Å². The van der Waals surface area contributed by atoms with E-state index in [1.807, 2.05) is 25.3 Å². The number of aromatic nitrogens is 6. The van der Waals surface area contributed by atoms with E-state index in [0.29, 0.717) is 22.4 Å². The monoisotopic (exact) mass is 515 g/mol. The molecule has 198 valence electrons. The van der Waals surface area contributed by atoms with Gasteiger partial charge in [-0.1, -0.05) is 6.07 Å². The normalized spacial score (nSPS) is 17.8. The number of anilines is 2. The van der Waals surface area contributed by atoms with Crippen LogP contribution in [-0.4, -0.2) is 72.5 Å². The van der Waals surface area contributed by atoms with Crippen molar-refractivity contribution < 1.29 is 4.39 Å². The summed E-state index contributed by atoms with van der Waals surface area (Å²) in [4.78, 5) is 27.1. The average molecular weight is 516 g/mol. The lowest BCUT2D eigenvalue weighted by Gasteiger charge is -2.54. The number of hydrogen-bond acceptors (Lipinski definition) is 8. The Hall–Kier alpha value is -3.50. The van der Waals surface area contributed by atoms with Crippen molar-refractivity contribution in [2.45, 2.75) is 46.2 Å². The van der Waals surface area contributed by atoms with Crippen molar-refractivity contribution in [1.29, 1.82) is 0 Å². The second-order valence-electron chi connectivity index (χ2n) is 11.2. The summed E-state index contributed by atoms with van der Waals surface area (Å²) < 4.78 is 16.9. The number of nitrogens with zero attached hydrogens (tertiary/aromatic N) is 8. The SMILES string of the molecule is Cc1nc2ncc(-c3nc(Nc4ccc(CN5CC6(CCN(C)CC6)C5)cn4)ncc3F)cc2n1C(C)C. The van der Waals surface area contributed by atoms with Gasteiger partial charge in [0.15, 0.2) is 11.5 Å². The predicted molar refractivity (Wildman–Crippen MR) is 146 cm³/mol. The first-order chi connectivity index (χ1) is 18.3. The van der Waals surface area contributed by atoms with E-state index in [-0.39, 0.29) is 17.7 Å². The number of nitrogens with one attached hydrogen (secondary N) is 1. The van der Waals surface area contributed by atoms with Gasteiger partial charge in [-0.25, -0.2) is 29.3 Å². The zero-order valence-electron chi connectivity index (χ0n) is 22.4. The molecule has 2 aliphatic heterocycles. The molecule has 0 amide bonds. The zero-order valence-corrected chi connectivity index (χ0v) is 22.4. The zero-order chi connectivity index (χ0) is 26.4. The highest BCUT2D eigenvalue weighted by Gasteiger charge is 2.43. The fraction of sp³-hybridized carbons (Fsp3) is 0.464. The summed E-state index contributed by atoms with van der Waals surface area (Å²) in [5.41, 5.74) is 3.94. The van der Waals surface area contributed by atoms with Crippen molar-refractivity contribution in [3.05, 3.63) is 54.0 Å². The Labute approximate surface area is 222 Å². The summed E-state index contributed by atoms with van der Waals surface area (Å²) in [6.07, 6.45) is 7.27. The molecular formula is C28H34FN9. The van der Waals surface area contributed by atoms with Gasteiger partial charge >= 0.3 is 0 Å².